The molecule has 0 aliphatic rings. The maximum Gasteiger partial charge on any atom is 0.419 e. The van der Waals surface area contributed by atoms with Gasteiger partial charge in [0.1, 0.15) is 5.75 Å². The Balaban J connectivity index is 2.07. The number of hydrogen-bond acceptors (Lipinski definition) is 4. The van der Waals surface area contributed by atoms with Gasteiger partial charge < -0.3 is 9.47 Å². The van der Waals surface area contributed by atoms with Crippen molar-refractivity contribution in [2.24, 2.45) is 0 Å². The van der Waals surface area contributed by atoms with Crippen molar-refractivity contribution in [1.29, 1.82) is 0 Å². The Morgan fingerprint density at radius 3 is 2.54 bits per heavy atom. The van der Waals surface area contributed by atoms with Gasteiger partial charge in [0, 0.05) is 24.0 Å². The van der Waals surface area contributed by atoms with Gasteiger partial charge in [-0.15, -0.1) is 0 Å². The van der Waals surface area contributed by atoms with Crippen LogP contribution < -0.4 is 15.0 Å². The number of carbonyl (C=O) groups excluding carboxylic acids is 2. The van der Waals surface area contributed by atoms with Crippen LogP contribution in [0, 0.1) is 6.92 Å². The Morgan fingerprint density at radius 2 is 1.85 bits per heavy atom. The van der Waals surface area contributed by atoms with E-state index in [-0.39, 0.29) is 0 Å². The number of rotatable bonds is 6. The van der Waals surface area contributed by atoms with Crippen molar-refractivity contribution in [3.8, 4) is 5.75 Å². The van der Waals surface area contributed by atoms with Gasteiger partial charge in [-0.2, -0.15) is 0 Å². The molecule has 0 radical (unpaired) electrons. The maximum atomic E-state index is 12.6. The van der Waals surface area contributed by atoms with Crippen LogP contribution in [-0.4, -0.2) is 25.3 Å². The number of para-hydroxylation sites is 1. The zero-order valence-corrected chi connectivity index (χ0v) is 15.3. The molecule has 0 unspecified atom stereocenters. The van der Waals surface area contributed by atoms with Crippen LogP contribution >= 0.6 is 0 Å². The Hall–Kier alpha value is -3.02. The summed E-state index contributed by atoms with van der Waals surface area (Å²) in [4.78, 5) is 25.8. The van der Waals surface area contributed by atoms with Gasteiger partial charge in [-0.3, -0.25) is 10.2 Å². The first-order chi connectivity index (χ1) is 12.5. The second kappa shape index (κ2) is 9.46. The predicted molar refractivity (Wildman–Crippen MR) is 102 cm³/mol. The molecule has 2 aromatic carbocycles. The van der Waals surface area contributed by atoms with Crippen LogP contribution in [0.3, 0.4) is 0 Å². The lowest BCUT2D eigenvalue weighted by molar-refractivity contribution is 0.161. The fourth-order valence-electron chi connectivity index (χ4n) is 2.41. The highest BCUT2D eigenvalue weighted by atomic mass is 16.6. The number of ether oxygens (including phenoxy) is 2. The van der Waals surface area contributed by atoms with E-state index in [0.717, 1.165) is 17.7 Å². The Kier molecular flexibility index (Phi) is 7.02. The van der Waals surface area contributed by atoms with Gasteiger partial charge in [-0.1, -0.05) is 31.2 Å². The summed E-state index contributed by atoms with van der Waals surface area (Å²) >= 11 is 0. The fourth-order valence-corrected chi connectivity index (χ4v) is 2.41. The van der Waals surface area contributed by atoms with Crippen molar-refractivity contribution in [3.05, 3.63) is 54.1 Å². The lowest BCUT2D eigenvalue weighted by Crippen LogP contribution is -2.33. The van der Waals surface area contributed by atoms with Gasteiger partial charge in [0.25, 0.3) is 0 Å². The number of carbonyl (C=O) groups is 2. The minimum atomic E-state index is -0.537. The Morgan fingerprint density at radius 1 is 1.08 bits per heavy atom. The summed E-state index contributed by atoms with van der Waals surface area (Å²) in [5.41, 5.74) is 2.29. The molecule has 138 valence electrons. The normalized spacial score (nSPS) is 10.1. The third-order valence-electron chi connectivity index (χ3n) is 3.67. The van der Waals surface area contributed by atoms with Crippen molar-refractivity contribution < 1.29 is 19.1 Å². The first-order valence-corrected chi connectivity index (χ1v) is 8.64. The fraction of sp³-hybridized carbons (Fsp3) is 0.300. The second-order valence-electron chi connectivity index (χ2n) is 5.69. The number of nitrogens with one attached hydrogen (secondary N) is 1. The van der Waals surface area contributed by atoms with Crippen molar-refractivity contribution in [2.75, 3.05) is 23.4 Å². The van der Waals surface area contributed by atoms with E-state index in [1.807, 2.05) is 45.0 Å². The van der Waals surface area contributed by atoms with Crippen LogP contribution in [0.15, 0.2) is 48.5 Å². The van der Waals surface area contributed by atoms with Crippen molar-refractivity contribution in [3.63, 3.8) is 0 Å². The molecule has 0 atom stereocenters. The van der Waals surface area contributed by atoms with Crippen molar-refractivity contribution in [1.82, 2.24) is 0 Å². The third kappa shape index (κ3) is 5.24. The maximum absolute atomic E-state index is 12.6. The van der Waals surface area contributed by atoms with E-state index in [1.54, 1.807) is 29.2 Å². The minimum Gasteiger partial charge on any atom is -0.449 e. The number of nitrogens with zero attached hydrogens (tertiary/aromatic N) is 1. The molecular weight excluding hydrogens is 332 g/mol. The van der Waals surface area contributed by atoms with Crippen molar-refractivity contribution in [2.45, 2.75) is 27.2 Å². The van der Waals surface area contributed by atoms with E-state index in [4.69, 9.17) is 9.47 Å². The average Bonchev–Trinajstić information content (AvgIpc) is 2.62. The van der Waals surface area contributed by atoms with E-state index in [2.05, 4.69) is 5.32 Å². The molecule has 2 amide bonds. The highest BCUT2D eigenvalue weighted by Crippen LogP contribution is 2.23. The smallest absolute Gasteiger partial charge is 0.419 e. The SMILES string of the molecule is CCCOC(=O)Nc1cccc(OC(=O)N(CC)c2ccccc2C)c1. The Labute approximate surface area is 153 Å². The monoisotopic (exact) mass is 356 g/mol. The summed E-state index contributed by atoms with van der Waals surface area (Å²) < 4.78 is 10.5. The summed E-state index contributed by atoms with van der Waals surface area (Å²) in [6, 6.07) is 14.3. The van der Waals surface area contributed by atoms with Gasteiger partial charge in [-0.05, 0) is 44.0 Å². The van der Waals surface area contributed by atoms with Crippen molar-refractivity contribution >= 4 is 23.6 Å². The average molecular weight is 356 g/mol. The van der Waals surface area contributed by atoms with Gasteiger partial charge in [0.2, 0.25) is 0 Å². The molecule has 6 heteroatoms. The zero-order chi connectivity index (χ0) is 18.9. The van der Waals surface area contributed by atoms with E-state index in [1.165, 1.54) is 0 Å². The van der Waals surface area contributed by atoms with Crippen LogP contribution in [0.4, 0.5) is 21.0 Å². The van der Waals surface area contributed by atoms with Gasteiger partial charge in [-0.25, -0.2) is 9.59 Å². The molecule has 2 aromatic rings. The molecule has 0 fully saturated rings. The molecule has 0 spiro atoms. The summed E-state index contributed by atoms with van der Waals surface area (Å²) in [6.45, 7) is 6.57. The first kappa shape index (κ1) is 19.3. The minimum absolute atomic E-state index is 0.343. The van der Waals surface area contributed by atoms with E-state index < -0.39 is 12.2 Å². The van der Waals surface area contributed by atoms with E-state index in [9.17, 15) is 9.59 Å². The lowest BCUT2D eigenvalue weighted by atomic mass is 10.2. The highest BCUT2D eigenvalue weighted by molar-refractivity contribution is 5.90. The molecule has 0 aliphatic heterocycles. The number of anilines is 2. The first-order valence-electron chi connectivity index (χ1n) is 8.64. The van der Waals surface area contributed by atoms with E-state index >= 15 is 0 Å². The number of benzene rings is 2. The molecule has 0 aromatic heterocycles. The third-order valence-corrected chi connectivity index (χ3v) is 3.67. The van der Waals surface area contributed by atoms with Crippen LogP contribution in [0.2, 0.25) is 0 Å². The van der Waals surface area contributed by atoms with Gasteiger partial charge >= 0.3 is 12.2 Å². The number of amides is 2. The lowest BCUT2D eigenvalue weighted by Gasteiger charge is -2.22. The summed E-state index contributed by atoms with van der Waals surface area (Å²) in [5.74, 6) is 0.343. The summed E-state index contributed by atoms with van der Waals surface area (Å²) in [7, 11) is 0. The van der Waals surface area contributed by atoms with E-state index in [0.29, 0.717) is 24.6 Å². The zero-order valence-electron chi connectivity index (χ0n) is 15.3. The summed E-state index contributed by atoms with van der Waals surface area (Å²) in [6.07, 6.45) is -0.269. The molecule has 1 N–H and O–H groups in total. The number of hydrogen-bond donors (Lipinski definition) is 1. The molecule has 2 rings (SSSR count). The summed E-state index contributed by atoms with van der Waals surface area (Å²) in [5, 5.41) is 2.61. The molecule has 6 nitrogen and oxygen atoms in total. The molecule has 26 heavy (non-hydrogen) atoms. The Bertz CT molecular complexity index is 761. The molecule has 0 saturated carbocycles. The molecule has 0 heterocycles. The molecule has 0 bridgehead atoms. The van der Waals surface area contributed by atoms with Gasteiger partial charge in [0.05, 0.1) is 6.61 Å². The predicted octanol–water partition coefficient (Wildman–Crippen LogP) is 4.98. The van der Waals surface area contributed by atoms with Gasteiger partial charge in [0.15, 0.2) is 0 Å². The quantitative estimate of drug-likeness (QED) is 0.793. The largest absolute Gasteiger partial charge is 0.449 e. The van der Waals surface area contributed by atoms with Crippen LogP contribution in [0.1, 0.15) is 25.8 Å². The topological polar surface area (TPSA) is 67.9 Å². The van der Waals surface area contributed by atoms with Crippen LogP contribution in [0.5, 0.6) is 5.75 Å². The molecule has 0 saturated heterocycles. The van der Waals surface area contributed by atoms with Crippen LogP contribution in [-0.2, 0) is 4.74 Å². The van der Waals surface area contributed by atoms with Crippen LogP contribution in [0.25, 0.3) is 0 Å². The molecule has 0 aliphatic carbocycles. The second-order valence-corrected chi connectivity index (χ2v) is 5.69. The highest BCUT2D eigenvalue weighted by Gasteiger charge is 2.18. The number of aryl methyl sites for hydroxylation is 1. The molecular formula is C20H24N2O4. The standard InChI is InChI=1S/C20H24N2O4/c1-4-13-25-19(23)21-16-10-8-11-17(14-16)26-20(24)22(5-2)18-12-7-6-9-15(18)3/h6-12,14H,4-5,13H2,1-3H3,(H,21,23).